The van der Waals surface area contributed by atoms with Crippen molar-refractivity contribution < 1.29 is 23.4 Å². The lowest BCUT2D eigenvalue weighted by molar-refractivity contribution is 0.0693. The molecule has 1 fully saturated rings. The van der Waals surface area contributed by atoms with Gasteiger partial charge >= 0.3 is 5.97 Å². The molecule has 7 heteroatoms. The first-order chi connectivity index (χ1) is 9.43. The summed E-state index contributed by atoms with van der Waals surface area (Å²) in [5, 5.41) is 18.4. The summed E-state index contributed by atoms with van der Waals surface area (Å²) in [7, 11) is -3.70. The molecule has 0 spiro atoms. The van der Waals surface area contributed by atoms with Crippen molar-refractivity contribution in [2.24, 2.45) is 0 Å². The Morgan fingerprint density at radius 1 is 1.10 bits per heavy atom. The van der Waals surface area contributed by atoms with E-state index in [0.717, 1.165) is 37.8 Å². The maximum atomic E-state index is 12.5. The molecule has 0 aromatic heterocycles. The summed E-state index contributed by atoms with van der Waals surface area (Å²) in [6.07, 6.45) is 3.62. The third-order valence-electron chi connectivity index (χ3n) is 3.40. The number of carbonyl (C=O) groups is 1. The van der Waals surface area contributed by atoms with Crippen LogP contribution in [0.5, 0.6) is 5.75 Å². The van der Waals surface area contributed by atoms with Crippen molar-refractivity contribution in [3.05, 3.63) is 23.8 Å². The van der Waals surface area contributed by atoms with Crippen LogP contribution in [0, 0.1) is 0 Å². The number of sulfonamides is 1. The lowest BCUT2D eigenvalue weighted by Crippen LogP contribution is -2.32. The van der Waals surface area contributed by atoms with E-state index in [1.807, 2.05) is 0 Å². The lowest BCUT2D eigenvalue weighted by Gasteiger charge is -2.20. The molecule has 1 aromatic carbocycles. The van der Waals surface area contributed by atoms with E-state index in [1.165, 1.54) is 10.4 Å². The van der Waals surface area contributed by atoms with Crippen molar-refractivity contribution in [2.45, 2.75) is 30.6 Å². The zero-order chi connectivity index (χ0) is 14.8. The Balaban J connectivity index is 2.38. The molecule has 0 atom stereocenters. The number of hydrogen-bond donors (Lipinski definition) is 2. The Labute approximate surface area is 117 Å². The Bertz CT molecular complexity index is 603. The number of hydrogen-bond acceptors (Lipinski definition) is 4. The molecule has 2 N–H and O–H groups in total. The van der Waals surface area contributed by atoms with E-state index in [4.69, 9.17) is 5.11 Å². The molecule has 1 aliphatic rings. The fourth-order valence-corrected chi connectivity index (χ4v) is 3.82. The van der Waals surface area contributed by atoms with Gasteiger partial charge in [-0.25, -0.2) is 13.2 Å². The number of nitrogens with zero attached hydrogens (tertiary/aromatic N) is 1. The standard InChI is InChI=1S/C13H17NO5S/c15-12-6-5-10(9-11(12)13(16)17)20(18,19)14-7-3-1-2-4-8-14/h5-6,9,15H,1-4,7-8H2,(H,16,17). The first-order valence-corrected chi connectivity index (χ1v) is 7.93. The summed E-state index contributed by atoms with van der Waals surface area (Å²) in [5.41, 5.74) is -0.402. The van der Waals surface area contributed by atoms with E-state index in [1.54, 1.807) is 0 Å². The number of aromatic hydroxyl groups is 1. The van der Waals surface area contributed by atoms with Gasteiger partial charge in [0.1, 0.15) is 11.3 Å². The molecule has 0 amide bonds. The molecule has 6 nitrogen and oxygen atoms in total. The fourth-order valence-electron chi connectivity index (χ4n) is 2.28. The molecule has 1 aliphatic heterocycles. The lowest BCUT2D eigenvalue weighted by atomic mass is 10.2. The van der Waals surface area contributed by atoms with Crippen LogP contribution >= 0.6 is 0 Å². The van der Waals surface area contributed by atoms with Crippen molar-refractivity contribution in [3.63, 3.8) is 0 Å². The maximum absolute atomic E-state index is 12.5. The number of phenols is 1. The van der Waals surface area contributed by atoms with Gasteiger partial charge in [0, 0.05) is 13.1 Å². The summed E-state index contributed by atoms with van der Waals surface area (Å²) < 4.78 is 26.3. The van der Waals surface area contributed by atoms with Crippen LogP contribution in [0.25, 0.3) is 0 Å². The molecule has 1 heterocycles. The second-order valence-electron chi connectivity index (χ2n) is 4.80. The van der Waals surface area contributed by atoms with E-state index in [2.05, 4.69) is 0 Å². The highest BCUT2D eigenvalue weighted by Crippen LogP contribution is 2.25. The average Bonchev–Trinajstić information content (AvgIpc) is 2.67. The molecule has 0 aliphatic carbocycles. The van der Waals surface area contributed by atoms with E-state index < -0.39 is 27.3 Å². The molecule has 0 unspecified atom stereocenters. The smallest absolute Gasteiger partial charge is 0.339 e. The van der Waals surface area contributed by atoms with Gasteiger partial charge in [-0.3, -0.25) is 0 Å². The van der Waals surface area contributed by atoms with Crippen molar-refractivity contribution in [1.82, 2.24) is 4.31 Å². The molecule has 1 aromatic rings. The second kappa shape index (κ2) is 5.80. The highest BCUT2D eigenvalue weighted by atomic mass is 32.2. The van der Waals surface area contributed by atoms with Crippen LogP contribution in [0.2, 0.25) is 0 Å². The van der Waals surface area contributed by atoms with Crippen molar-refractivity contribution in [1.29, 1.82) is 0 Å². The van der Waals surface area contributed by atoms with Crippen LogP contribution in [-0.4, -0.2) is 42.0 Å². The predicted molar refractivity (Wildman–Crippen MR) is 72.3 cm³/mol. The predicted octanol–water partition coefficient (Wildman–Crippen LogP) is 1.66. The number of carboxylic acids is 1. The van der Waals surface area contributed by atoms with Gasteiger partial charge < -0.3 is 10.2 Å². The van der Waals surface area contributed by atoms with Gasteiger partial charge in [0.25, 0.3) is 0 Å². The monoisotopic (exact) mass is 299 g/mol. The van der Waals surface area contributed by atoms with Crippen molar-refractivity contribution in [2.75, 3.05) is 13.1 Å². The highest BCUT2D eigenvalue weighted by Gasteiger charge is 2.26. The van der Waals surface area contributed by atoms with Gasteiger partial charge in [0.15, 0.2) is 0 Å². The topological polar surface area (TPSA) is 94.9 Å². The van der Waals surface area contributed by atoms with Gasteiger partial charge in [0.2, 0.25) is 10.0 Å². The van der Waals surface area contributed by atoms with Crippen LogP contribution in [0.1, 0.15) is 36.0 Å². The first kappa shape index (κ1) is 14.8. The van der Waals surface area contributed by atoms with Gasteiger partial charge in [-0.2, -0.15) is 4.31 Å². The quantitative estimate of drug-likeness (QED) is 0.885. The molecular weight excluding hydrogens is 282 g/mol. The maximum Gasteiger partial charge on any atom is 0.339 e. The molecule has 20 heavy (non-hydrogen) atoms. The number of carboxylic acid groups (broad SMARTS) is 1. The molecular formula is C13H17NO5S. The number of benzene rings is 1. The van der Waals surface area contributed by atoms with Gasteiger partial charge in [-0.05, 0) is 31.0 Å². The zero-order valence-electron chi connectivity index (χ0n) is 10.9. The highest BCUT2D eigenvalue weighted by molar-refractivity contribution is 7.89. The average molecular weight is 299 g/mol. The van der Waals surface area contributed by atoms with Crippen LogP contribution < -0.4 is 0 Å². The van der Waals surface area contributed by atoms with Gasteiger partial charge in [-0.15, -0.1) is 0 Å². The molecule has 110 valence electrons. The molecule has 0 radical (unpaired) electrons. The van der Waals surface area contributed by atoms with Crippen LogP contribution in [-0.2, 0) is 10.0 Å². The second-order valence-corrected chi connectivity index (χ2v) is 6.74. The van der Waals surface area contributed by atoms with Gasteiger partial charge in [-0.1, -0.05) is 12.8 Å². The molecule has 2 rings (SSSR count). The molecule has 0 bridgehead atoms. The SMILES string of the molecule is O=C(O)c1cc(S(=O)(=O)N2CCCCCC2)ccc1O. The van der Waals surface area contributed by atoms with Gasteiger partial charge in [0.05, 0.1) is 4.90 Å². The summed E-state index contributed by atoms with van der Waals surface area (Å²) >= 11 is 0. The van der Waals surface area contributed by atoms with E-state index in [-0.39, 0.29) is 4.90 Å². The number of rotatable bonds is 3. The minimum atomic E-state index is -3.70. The molecule has 0 saturated carbocycles. The Morgan fingerprint density at radius 3 is 2.25 bits per heavy atom. The van der Waals surface area contributed by atoms with E-state index in [9.17, 15) is 18.3 Å². The van der Waals surface area contributed by atoms with Crippen molar-refractivity contribution in [3.8, 4) is 5.75 Å². The Morgan fingerprint density at radius 2 is 1.70 bits per heavy atom. The zero-order valence-corrected chi connectivity index (χ0v) is 11.8. The van der Waals surface area contributed by atoms with Crippen LogP contribution in [0.3, 0.4) is 0 Å². The summed E-state index contributed by atoms with van der Waals surface area (Å²) in [6, 6.07) is 3.36. The summed E-state index contributed by atoms with van der Waals surface area (Å²) in [6.45, 7) is 0.900. The minimum Gasteiger partial charge on any atom is -0.507 e. The third kappa shape index (κ3) is 2.94. The Kier molecular flexibility index (Phi) is 4.29. The first-order valence-electron chi connectivity index (χ1n) is 6.49. The van der Waals surface area contributed by atoms with E-state index >= 15 is 0 Å². The van der Waals surface area contributed by atoms with Crippen molar-refractivity contribution >= 4 is 16.0 Å². The minimum absolute atomic E-state index is 0.0883. The Hall–Kier alpha value is -1.60. The summed E-state index contributed by atoms with van der Waals surface area (Å²) in [5.74, 6) is -1.79. The van der Waals surface area contributed by atoms with Crippen LogP contribution in [0.15, 0.2) is 23.1 Å². The summed E-state index contributed by atoms with van der Waals surface area (Å²) in [4.78, 5) is 10.9. The largest absolute Gasteiger partial charge is 0.507 e. The van der Waals surface area contributed by atoms with Crippen LogP contribution in [0.4, 0.5) is 0 Å². The third-order valence-corrected chi connectivity index (χ3v) is 5.30. The normalized spacial score (nSPS) is 17.6. The van der Waals surface area contributed by atoms with E-state index in [0.29, 0.717) is 13.1 Å². The fraction of sp³-hybridized carbons (Fsp3) is 0.462. The molecule has 1 saturated heterocycles. The number of aromatic carboxylic acids is 1.